The second-order valence-corrected chi connectivity index (χ2v) is 5.59. The summed E-state index contributed by atoms with van der Waals surface area (Å²) in [5.74, 6) is 0.423. The molecule has 92 valence electrons. The van der Waals surface area contributed by atoms with Crippen molar-refractivity contribution in [1.29, 1.82) is 0 Å². The second-order valence-electron chi connectivity index (χ2n) is 4.27. The molecule has 0 bridgehead atoms. The number of hydrogen-bond acceptors (Lipinski definition) is 2. The van der Waals surface area contributed by atoms with Gasteiger partial charge >= 0.3 is 0 Å². The van der Waals surface area contributed by atoms with Crippen LogP contribution in [0, 0.1) is 5.92 Å². The lowest BCUT2D eigenvalue weighted by Crippen LogP contribution is -2.30. The first kappa shape index (κ1) is 12.9. The van der Waals surface area contributed by atoms with E-state index < -0.39 is 0 Å². The van der Waals surface area contributed by atoms with Crippen LogP contribution in [0.5, 0.6) is 0 Å². The largest absolute Gasteiger partial charge is 0.338 e. The molecule has 1 aromatic rings. The van der Waals surface area contributed by atoms with Crippen LogP contribution in [-0.2, 0) is 0 Å². The van der Waals surface area contributed by atoms with E-state index in [0.29, 0.717) is 23.0 Å². The molecule has 3 nitrogen and oxygen atoms in total. The monoisotopic (exact) mass is 316 g/mol. The third-order valence-electron chi connectivity index (χ3n) is 3.07. The normalized spacial score (nSPS) is 19.7. The van der Waals surface area contributed by atoms with Gasteiger partial charge in [-0.3, -0.25) is 4.79 Å². The molecule has 1 aromatic carbocycles. The Morgan fingerprint density at radius 3 is 2.94 bits per heavy atom. The Morgan fingerprint density at radius 2 is 2.35 bits per heavy atom. The van der Waals surface area contributed by atoms with Crippen LogP contribution in [-0.4, -0.2) is 30.4 Å². The number of amides is 1. The van der Waals surface area contributed by atoms with Crippen LogP contribution in [0.25, 0.3) is 0 Å². The molecule has 1 aliphatic rings. The lowest BCUT2D eigenvalue weighted by molar-refractivity contribution is 0.0788. The van der Waals surface area contributed by atoms with Gasteiger partial charge in [-0.2, -0.15) is 0 Å². The molecule has 5 heteroatoms. The minimum Gasteiger partial charge on any atom is -0.338 e. The van der Waals surface area contributed by atoms with Crippen LogP contribution in [0.1, 0.15) is 16.8 Å². The Kier molecular flexibility index (Phi) is 4.07. The SMILES string of the molecule is NCC1CCN(C(=O)c2ccc(Br)cc2Cl)C1. The highest BCUT2D eigenvalue weighted by Crippen LogP contribution is 2.25. The molecular formula is C12H14BrClN2O. The number of nitrogens with two attached hydrogens (primary N) is 1. The summed E-state index contributed by atoms with van der Waals surface area (Å²) in [5.41, 5.74) is 6.18. The second kappa shape index (κ2) is 5.38. The average Bonchev–Trinajstić information content (AvgIpc) is 2.76. The topological polar surface area (TPSA) is 46.3 Å². The molecule has 2 N–H and O–H groups in total. The molecule has 1 unspecified atom stereocenters. The highest BCUT2D eigenvalue weighted by atomic mass is 79.9. The maximum absolute atomic E-state index is 12.2. The Hall–Kier alpha value is -0.580. The number of hydrogen-bond donors (Lipinski definition) is 1. The van der Waals surface area contributed by atoms with Gasteiger partial charge in [0.2, 0.25) is 0 Å². The van der Waals surface area contributed by atoms with Crippen LogP contribution in [0.4, 0.5) is 0 Å². The van der Waals surface area contributed by atoms with Gasteiger partial charge < -0.3 is 10.6 Å². The first-order valence-corrected chi connectivity index (χ1v) is 6.73. The summed E-state index contributed by atoms with van der Waals surface area (Å²) < 4.78 is 0.875. The zero-order chi connectivity index (χ0) is 12.4. The van der Waals surface area contributed by atoms with Gasteiger partial charge in [-0.25, -0.2) is 0 Å². The summed E-state index contributed by atoms with van der Waals surface area (Å²) in [5, 5.41) is 0.487. The number of nitrogens with zero attached hydrogens (tertiary/aromatic N) is 1. The van der Waals surface area contributed by atoms with Crippen molar-refractivity contribution in [3.05, 3.63) is 33.3 Å². The van der Waals surface area contributed by atoms with Gasteiger partial charge in [0.25, 0.3) is 5.91 Å². The Labute approximate surface area is 114 Å². The van der Waals surface area contributed by atoms with Crippen molar-refractivity contribution in [3.63, 3.8) is 0 Å². The quantitative estimate of drug-likeness (QED) is 0.911. The van der Waals surface area contributed by atoms with Crippen molar-refractivity contribution in [1.82, 2.24) is 4.90 Å². The molecule has 1 amide bonds. The lowest BCUT2D eigenvalue weighted by atomic mass is 10.1. The number of rotatable bonds is 2. The summed E-state index contributed by atoms with van der Waals surface area (Å²) in [7, 11) is 0. The third-order valence-corrected chi connectivity index (χ3v) is 3.87. The van der Waals surface area contributed by atoms with E-state index in [2.05, 4.69) is 15.9 Å². The van der Waals surface area contributed by atoms with Crippen LogP contribution in [0.2, 0.25) is 5.02 Å². The zero-order valence-corrected chi connectivity index (χ0v) is 11.7. The van der Waals surface area contributed by atoms with Crippen molar-refractivity contribution >= 4 is 33.4 Å². The zero-order valence-electron chi connectivity index (χ0n) is 9.33. The minimum atomic E-state index is -0.00144. The van der Waals surface area contributed by atoms with Crippen LogP contribution < -0.4 is 5.73 Å². The molecule has 0 spiro atoms. The molecule has 1 aliphatic heterocycles. The van der Waals surface area contributed by atoms with Gasteiger partial charge in [-0.15, -0.1) is 0 Å². The van der Waals surface area contributed by atoms with Crippen molar-refractivity contribution in [2.24, 2.45) is 11.7 Å². The van der Waals surface area contributed by atoms with E-state index in [4.69, 9.17) is 17.3 Å². The molecule has 1 fully saturated rings. The van der Waals surface area contributed by atoms with E-state index in [1.165, 1.54) is 0 Å². The van der Waals surface area contributed by atoms with Crippen molar-refractivity contribution < 1.29 is 4.79 Å². The Balaban J connectivity index is 2.15. The first-order valence-electron chi connectivity index (χ1n) is 5.56. The molecular weight excluding hydrogens is 304 g/mol. The van der Waals surface area contributed by atoms with E-state index in [-0.39, 0.29) is 5.91 Å². The third kappa shape index (κ3) is 2.81. The average molecular weight is 318 g/mol. The Morgan fingerprint density at radius 1 is 1.59 bits per heavy atom. The summed E-state index contributed by atoms with van der Waals surface area (Å²) >= 11 is 9.39. The maximum atomic E-state index is 12.2. The highest BCUT2D eigenvalue weighted by Gasteiger charge is 2.26. The van der Waals surface area contributed by atoms with Gasteiger partial charge in [0.15, 0.2) is 0 Å². The number of carbonyl (C=O) groups is 1. The maximum Gasteiger partial charge on any atom is 0.255 e. The van der Waals surface area contributed by atoms with Crippen molar-refractivity contribution in [2.45, 2.75) is 6.42 Å². The molecule has 2 rings (SSSR count). The Bertz CT molecular complexity index is 439. The fourth-order valence-electron chi connectivity index (χ4n) is 2.04. The van der Waals surface area contributed by atoms with E-state index in [1.54, 1.807) is 12.1 Å². The van der Waals surface area contributed by atoms with E-state index in [0.717, 1.165) is 24.0 Å². The van der Waals surface area contributed by atoms with Gasteiger partial charge in [0.1, 0.15) is 0 Å². The predicted molar refractivity (Wildman–Crippen MR) is 72.2 cm³/mol. The first-order chi connectivity index (χ1) is 8.11. The van der Waals surface area contributed by atoms with E-state index in [1.807, 2.05) is 11.0 Å². The summed E-state index contributed by atoms with van der Waals surface area (Å²) in [4.78, 5) is 14.1. The molecule has 17 heavy (non-hydrogen) atoms. The standard InChI is InChI=1S/C12H14BrClN2O/c13-9-1-2-10(11(14)5-9)12(17)16-4-3-8(6-15)7-16/h1-2,5,8H,3-4,6-7,15H2. The summed E-state index contributed by atoms with van der Waals surface area (Å²) in [6.45, 7) is 2.15. The highest BCUT2D eigenvalue weighted by molar-refractivity contribution is 9.10. The van der Waals surface area contributed by atoms with Crippen LogP contribution >= 0.6 is 27.5 Å². The van der Waals surface area contributed by atoms with Crippen molar-refractivity contribution in [2.75, 3.05) is 19.6 Å². The van der Waals surface area contributed by atoms with Gasteiger partial charge in [0.05, 0.1) is 10.6 Å². The van der Waals surface area contributed by atoms with Gasteiger partial charge in [-0.05, 0) is 37.1 Å². The fraction of sp³-hybridized carbons (Fsp3) is 0.417. The molecule has 1 saturated heterocycles. The van der Waals surface area contributed by atoms with E-state index >= 15 is 0 Å². The van der Waals surface area contributed by atoms with Crippen molar-refractivity contribution in [3.8, 4) is 0 Å². The minimum absolute atomic E-state index is 0.00144. The van der Waals surface area contributed by atoms with Crippen LogP contribution in [0.15, 0.2) is 22.7 Å². The smallest absolute Gasteiger partial charge is 0.255 e. The predicted octanol–water partition coefficient (Wildman–Crippen LogP) is 2.52. The molecule has 0 aromatic heterocycles. The van der Waals surface area contributed by atoms with Crippen LogP contribution in [0.3, 0.4) is 0 Å². The van der Waals surface area contributed by atoms with Gasteiger partial charge in [0, 0.05) is 17.6 Å². The van der Waals surface area contributed by atoms with Gasteiger partial charge in [-0.1, -0.05) is 27.5 Å². The molecule has 0 saturated carbocycles. The number of benzene rings is 1. The molecule has 0 radical (unpaired) electrons. The molecule has 1 atom stereocenters. The van der Waals surface area contributed by atoms with E-state index in [9.17, 15) is 4.79 Å². The lowest BCUT2D eigenvalue weighted by Gasteiger charge is -2.17. The summed E-state index contributed by atoms with van der Waals surface area (Å²) in [6, 6.07) is 5.32. The number of carbonyl (C=O) groups excluding carboxylic acids is 1. The fourth-order valence-corrected chi connectivity index (χ4v) is 2.80. The molecule has 0 aliphatic carbocycles. The molecule has 1 heterocycles. The number of halogens is 2. The summed E-state index contributed by atoms with van der Waals surface area (Å²) in [6.07, 6.45) is 0.983. The number of likely N-dealkylation sites (tertiary alicyclic amines) is 1.